The van der Waals surface area contributed by atoms with Crippen LogP contribution in [-0.4, -0.2) is 71.3 Å². The highest BCUT2D eigenvalue weighted by Gasteiger charge is 2.37. The largest absolute Gasteiger partial charge is 0.343 e. The lowest BCUT2D eigenvalue weighted by atomic mass is 9.96. The number of amides is 5. The summed E-state index contributed by atoms with van der Waals surface area (Å²) in [5.41, 5.74) is 0. The topological polar surface area (TPSA) is 146 Å². The van der Waals surface area contributed by atoms with Crippen molar-refractivity contribution in [3.63, 3.8) is 0 Å². The van der Waals surface area contributed by atoms with E-state index < -0.39 is 59.7 Å². The predicted octanol–water partition coefficient (Wildman–Crippen LogP) is 0.567. The van der Waals surface area contributed by atoms with E-state index in [1.807, 2.05) is 27.7 Å². The third kappa shape index (κ3) is 8.30. The normalized spacial score (nSPS) is 30.2. The molecular formula is C23H39N5O5S2. The quantitative estimate of drug-likeness (QED) is 0.327. The summed E-state index contributed by atoms with van der Waals surface area (Å²) in [6.45, 7) is 11.2. The Bertz CT molecular complexity index is 809. The molecule has 2 aliphatic rings. The molecule has 2 saturated heterocycles. The number of carbonyl (C=O) groups excluding carboxylic acids is 5. The Morgan fingerprint density at radius 2 is 1.17 bits per heavy atom. The first kappa shape index (κ1) is 29.3. The molecule has 12 heteroatoms. The Kier molecular flexibility index (Phi) is 11.2. The molecular weight excluding hydrogens is 490 g/mol. The van der Waals surface area contributed by atoms with Crippen molar-refractivity contribution in [3.8, 4) is 0 Å². The zero-order valence-corrected chi connectivity index (χ0v) is 22.9. The smallest absolute Gasteiger partial charge is 0.244 e. The summed E-state index contributed by atoms with van der Waals surface area (Å²) in [7, 11) is 2.80. The van der Waals surface area contributed by atoms with Crippen molar-refractivity contribution in [2.75, 3.05) is 11.5 Å². The molecule has 5 amide bonds. The van der Waals surface area contributed by atoms with Gasteiger partial charge >= 0.3 is 0 Å². The van der Waals surface area contributed by atoms with Crippen LogP contribution < -0.4 is 26.6 Å². The molecule has 6 atom stereocenters. The van der Waals surface area contributed by atoms with Gasteiger partial charge in [0.25, 0.3) is 0 Å². The van der Waals surface area contributed by atoms with Crippen LogP contribution in [0.1, 0.15) is 54.4 Å². The van der Waals surface area contributed by atoms with Gasteiger partial charge in [0, 0.05) is 11.5 Å². The molecule has 10 nitrogen and oxygen atoms in total. The second-order valence-corrected chi connectivity index (χ2v) is 12.5. The Morgan fingerprint density at radius 3 is 1.69 bits per heavy atom. The molecule has 0 aliphatic carbocycles. The molecule has 2 fully saturated rings. The molecule has 2 bridgehead atoms. The van der Waals surface area contributed by atoms with E-state index >= 15 is 0 Å². The van der Waals surface area contributed by atoms with Crippen molar-refractivity contribution >= 4 is 51.1 Å². The maximum Gasteiger partial charge on any atom is 0.244 e. The SMILES string of the molecule is CC[C@H](C)[C@H]1NC(=O)[C@@H](CC(C)C)NC(=O)[C@@H](C(C)C)NC(=O)[C@@H]2CSSC[C@@H](NC1=O)C(=O)N2. The van der Waals surface area contributed by atoms with Crippen LogP contribution in [0.3, 0.4) is 0 Å². The van der Waals surface area contributed by atoms with E-state index in [9.17, 15) is 24.0 Å². The van der Waals surface area contributed by atoms with Crippen LogP contribution in [0.4, 0.5) is 0 Å². The summed E-state index contributed by atoms with van der Waals surface area (Å²) >= 11 is 0. The van der Waals surface area contributed by atoms with E-state index in [1.165, 1.54) is 21.6 Å². The number of carbonyl (C=O) groups is 5. The van der Waals surface area contributed by atoms with Crippen LogP contribution in [0.5, 0.6) is 0 Å². The number of nitrogens with one attached hydrogen (secondary N) is 5. The number of rotatable bonds is 5. The highest BCUT2D eigenvalue weighted by Crippen LogP contribution is 2.25. The van der Waals surface area contributed by atoms with Gasteiger partial charge in [0.05, 0.1) is 0 Å². The molecule has 2 heterocycles. The highest BCUT2D eigenvalue weighted by molar-refractivity contribution is 8.76. The minimum absolute atomic E-state index is 0.0924. The molecule has 5 N–H and O–H groups in total. The summed E-state index contributed by atoms with van der Waals surface area (Å²) in [5.74, 6) is -2.10. The first-order valence-corrected chi connectivity index (χ1v) is 14.7. The minimum Gasteiger partial charge on any atom is -0.343 e. The van der Waals surface area contributed by atoms with E-state index in [0.717, 1.165) is 0 Å². The van der Waals surface area contributed by atoms with E-state index in [2.05, 4.69) is 26.6 Å². The summed E-state index contributed by atoms with van der Waals surface area (Å²) < 4.78 is 0. The number of hydrogen-bond acceptors (Lipinski definition) is 7. The van der Waals surface area contributed by atoms with Crippen LogP contribution in [0, 0.1) is 17.8 Å². The predicted molar refractivity (Wildman–Crippen MR) is 138 cm³/mol. The monoisotopic (exact) mass is 529 g/mol. The Morgan fingerprint density at radius 1 is 0.686 bits per heavy atom. The van der Waals surface area contributed by atoms with Gasteiger partial charge in [0.1, 0.15) is 30.2 Å². The molecule has 0 unspecified atom stereocenters. The van der Waals surface area contributed by atoms with Gasteiger partial charge in [-0.2, -0.15) is 0 Å². The minimum atomic E-state index is -0.893. The van der Waals surface area contributed by atoms with Crippen molar-refractivity contribution in [1.82, 2.24) is 26.6 Å². The molecule has 2 rings (SSSR count). The molecule has 198 valence electrons. The van der Waals surface area contributed by atoms with Crippen molar-refractivity contribution in [2.45, 2.75) is 84.6 Å². The van der Waals surface area contributed by atoms with Gasteiger partial charge < -0.3 is 26.6 Å². The summed E-state index contributed by atoms with van der Waals surface area (Å²) in [4.78, 5) is 65.8. The van der Waals surface area contributed by atoms with Gasteiger partial charge in [-0.15, -0.1) is 0 Å². The lowest BCUT2D eigenvalue weighted by Crippen LogP contribution is -2.60. The first-order valence-electron chi connectivity index (χ1n) is 12.2. The van der Waals surface area contributed by atoms with Crippen molar-refractivity contribution in [1.29, 1.82) is 0 Å². The summed E-state index contributed by atoms with van der Waals surface area (Å²) in [5, 5.41) is 13.9. The molecule has 0 aromatic carbocycles. The Labute approximate surface area is 215 Å². The average molecular weight is 530 g/mol. The summed E-state index contributed by atoms with van der Waals surface area (Å²) in [6.07, 6.45) is 0.987. The number of hydrogen-bond donors (Lipinski definition) is 5. The zero-order chi connectivity index (χ0) is 26.3. The fraction of sp³-hybridized carbons (Fsp3) is 0.783. The van der Waals surface area contributed by atoms with Gasteiger partial charge in [0.2, 0.25) is 29.5 Å². The van der Waals surface area contributed by atoms with Crippen LogP contribution in [0.15, 0.2) is 0 Å². The molecule has 0 aromatic heterocycles. The fourth-order valence-electron chi connectivity index (χ4n) is 3.84. The first-order chi connectivity index (χ1) is 16.4. The van der Waals surface area contributed by atoms with Crippen molar-refractivity contribution in [3.05, 3.63) is 0 Å². The lowest BCUT2D eigenvalue weighted by molar-refractivity contribution is -0.135. The van der Waals surface area contributed by atoms with E-state index in [-0.39, 0.29) is 17.8 Å². The van der Waals surface area contributed by atoms with Crippen LogP contribution in [0.25, 0.3) is 0 Å². The fourth-order valence-corrected chi connectivity index (χ4v) is 6.17. The molecule has 0 aromatic rings. The maximum atomic E-state index is 13.3. The van der Waals surface area contributed by atoms with E-state index in [1.54, 1.807) is 13.8 Å². The molecule has 0 spiro atoms. The van der Waals surface area contributed by atoms with Crippen molar-refractivity contribution in [2.24, 2.45) is 17.8 Å². The van der Waals surface area contributed by atoms with Gasteiger partial charge in [-0.1, -0.05) is 69.6 Å². The van der Waals surface area contributed by atoms with Crippen molar-refractivity contribution < 1.29 is 24.0 Å². The van der Waals surface area contributed by atoms with Crippen LogP contribution >= 0.6 is 21.6 Å². The van der Waals surface area contributed by atoms with Gasteiger partial charge in [-0.3, -0.25) is 24.0 Å². The average Bonchev–Trinajstić information content (AvgIpc) is 2.77. The van der Waals surface area contributed by atoms with E-state index in [0.29, 0.717) is 24.3 Å². The second-order valence-electron chi connectivity index (χ2n) is 9.98. The van der Waals surface area contributed by atoms with Gasteiger partial charge in [0.15, 0.2) is 0 Å². The zero-order valence-electron chi connectivity index (χ0n) is 21.3. The molecule has 0 radical (unpaired) electrons. The summed E-state index contributed by atoms with van der Waals surface area (Å²) in [6, 6.07) is -4.38. The molecule has 2 aliphatic heterocycles. The Hall–Kier alpha value is -1.95. The molecule has 35 heavy (non-hydrogen) atoms. The maximum absolute atomic E-state index is 13.3. The highest BCUT2D eigenvalue weighted by atomic mass is 33.1. The lowest BCUT2D eigenvalue weighted by Gasteiger charge is -2.29. The van der Waals surface area contributed by atoms with Gasteiger partial charge in [-0.25, -0.2) is 0 Å². The van der Waals surface area contributed by atoms with Gasteiger partial charge in [-0.05, 0) is 24.2 Å². The standard InChI is InChI=1S/C23H39N5O5S2/c1-7-13(6)18-23(33)26-15-9-34-35-10-16(25-20(15)30)21(31)27-17(12(4)5)22(32)24-14(8-11(2)3)19(29)28-18/h11-18H,7-10H2,1-6H3,(H,24,32)(H,25,30)(H,26,33)(H,27,31)(H,28,29)/t13-,14+,15+,16-,17+,18+/m0/s1. The number of fused-ring (bicyclic) bond motifs is 3. The van der Waals surface area contributed by atoms with Crippen LogP contribution in [-0.2, 0) is 24.0 Å². The van der Waals surface area contributed by atoms with E-state index in [4.69, 9.17) is 0 Å². The second kappa shape index (κ2) is 13.4. The van der Waals surface area contributed by atoms with Crippen LogP contribution in [0.2, 0.25) is 0 Å². The third-order valence-electron chi connectivity index (χ3n) is 6.20. The Balaban J connectivity index is 2.49. The molecule has 0 saturated carbocycles. The third-order valence-corrected chi connectivity index (χ3v) is 8.62.